The van der Waals surface area contributed by atoms with Gasteiger partial charge in [0.05, 0.1) is 12.8 Å². The summed E-state index contributed by atoms with van der Waals surface area (Å²) in [5, 5.41) is 0. The molecular weight excluding hydrogens is 322 g/mol. The van der Waals surface area contributed by atoms with E-state index in [-0.39, 0.29) is 6.79 Å². The third kappa shape index (κ3) is 2.49. The van der Waals surface area contributed by atoms with Gasteiger partial charge in [-0.1, -0.05) is 12.1 Å². The highest BCUT2D eigenvalue weighted by molar-refractivity contribution is 9.10. The number of fused-ring (bicyclic) bond motifs is 1. The molecule has 1 aliphatic rings. The molecular formula is C15H12BrNO3. The molecule has 20 heavy (non-hydrogen) atoms. The van der Waals surface area contributed by atoms with Crippen molar-refractivity contribution in [1.29, 1.82) is 0 Å². The van der Waals surface area contributed by atoms with E-state index in [9.17, 15) is 0 Å². The van der Waals surface area contributed by atoms with Crippen molar-refractivity contribution in [2.45, 2.75) is 0 Å². The number of hydrogen-bond acceptors (Lipinski definition) is 4. The van der Waals surface area contributed by atoms with E-state index in [4.69, 9.17) is 14.2 Å². The van der Waals surface area contributed by atoms with E-state index >= 15 is 0 Å². The molecule has 1 aliphatic heterocycles. The Morgan fingerprint density at radius 3 is 2.70 bits per heavy atom. The summed E-state index contributed by atoms with van der Waals surface area (Å²) >= 11 is 3.47. The number of halogens is 1. The van der Waals surface area contributed by atoms with Gasteiger partial charge in [-0.25, -0.2) is 0 Å². The van der Waals surface area contributed by atoms with Crippen molar-refractivity contribution in [3.05, 3.63) is 46.4 Å². The van der Waals surface area contributed by atoms with Crippen LogP contribution in [-0.4, -0.2) is 20.1 Å². The maximum Gasteiger partial charge on any atom is 0.231 e. The number of nitrogens with zero attached hydrogens (tertiary/aromatic N) is 1. The molecule has 0 saturated heterocycles. The summed E-state index contributed by atoms with van der Waals surface area (Å²) in [4.78, 5) is 4.46. The van der Waals surface area contributed by atoms with Crippen molar-refractivity contribution in [3.8, 4) is 17.2 Å². The first kappa shape index (κ1) is 13.0. The molecule has 0 saturated carbocycles. The Bertz CT molecular complexity index is 670. The maximum atomic E-state index is 5.37. The molecule has 0 fully saturated rings. The minimum Gasteiger partial charge on any atom is -0.496 e. The van der Waals surface area contributed by atoms with Crippen LogP contribution in [-0.2, 0) is 0 Å². The van der Waals surface area contributed by atoms with Gasteiger partial charge in [0, 0.05) is 22.3 Å². The topological polar surface area (TPSA) is 40.0 Å². The van der Waals surface area contributed by atoms with E-state index in [0.29, 0.717) is 17.2 Å². The predicted octanol–water partition coefficient (Wildman–Crippen LogP) is 3.94. The fourth-order valence-electron chi connectivity index (χ4n) is 1.91. The van der Waals surface area contributed by atoms with E-state index in [1.165, 1.54) is 0 Å². The van der Waals surface area contributed by atoms with Gasteiger partial charge in [-0.2, -0.15) is 0 Å². The van der Waals surface area contributed by atoms with Gasteiger partial charge in [0.15, 0.2) is 11.5 Å². The zero-order chi connectivity index (χ0) is 13.9. The van der Waals surface area contributed by atoms with Crippen molar-refractivity contribution in [1.82, 2.24) is 0 Å². The van der Waals surface area contributed by atoms with Crippen LogP contribution in [0.2, 0.25) is 0 Å². The minimum absolute atomic E-state index is 0.239. The molecule has 3 rings (SSSR count). The number of benzene rings is 2. The van der Waals surface area contributed by atoms with Gasteiger partial charge in [0.1, 0.15) is 5.75 Å². The highest BCUT2D eigenvalue weighted by atomic mass is 79.9. The van der Waals surface area contributed by atoms with Crippen LogP contribution in [0.1, 0.15) is 5.56 Å². The molecule has 0 unspecified atom stereocenters. The molecule has 2 aromatic carbocycles. The van der Waals surface area contributed by atoms with E-state index < -0.39 is 0 Å². The Hall–Kier alpha value is -2.01. The number of rotatable bonds is 3. The van der Waals surface area contributed by atoms with Crippen molar-refractivity contribution in [3.63, 3.8) is 0 Å². The summed E-state index contributed by atoms with van der Waals surface area (Å²) < 4.78 is 17.0. The van der Waals surface area contributed by atoms with Gasteiger partial charge in [-0.3, -0.25) is 4.99 Å². The first-order chi connectivity index (χ1) is 9.78. The van der Waals surface area contributed by atoms with Crippen LogP contribution in [0.25, 0.3) is 0 Å². The summed E-state index contributed by atoms with van der Waals surface area (Å²) in [5.41, 5.74) is 1.69. The number of ether oxygens (including phenoxy) is 3. The van der Waals surface area contributed by atoms with E-state index in [2.05, 4.69) is 20.9 Å². The highest BCUT2D eigenvalue weighted by Crippen LogP contribution is 2.37. The Kier molecular flexibility index (Phi) is 3.60. The lowest BCUT2D eigenvalue weighted by Crippen LogP contribution is -1.92. The monoisotopic (exact) mass is 333 g/mol. The second kappa shape index (κ2) is 5.54. The lowest BCUT2D eigenvalue weighted by molar-refractivity contribution is 0.174. The Labute approximate surface area is 125 Å². The second-order valence-corrected chi connectivity index (χ2v) is 5.01. The molecule has 102 valence electrons. The molecule has 5 heteroatoms. The van der Waals surface area contributed by atoms with Crippen LogP contribution >= 0.6 is 15.9 Å². The van der Waals surface area contributed by atoms with Gasteiger partial charge in [-0.05, 0) is 34.1 Å². The van der Waals surface area contributed by atoms with Gasteiger partial charge < -0.3 is 14.2 Å². The fourth-order valence-corrected chi connectivity index (χ4v) is 2.30. The molecule has 4 nitrogen and oxygen atoms in total. The third-order valence-corrected chi connectivity index (χ3v) is 3.59. The molecule has 0 bridgehead atoms. The second-order valence-electron chi connectivity index (χ2n) is 4.16. The first-order valence-electron chi connectivity index (χ1n) is 6.04. The molecule has 2 aromatic rings. The Morgan fingerprint density at radius 2 is 1.95 bits per heavy atom. The molecule has 0 radical (unpaired) electrons. The highest BCUT2D eigenvalue weighted by Gasteiger charge is 2.16. The smallest absolute Gasteiger partial charge is 0.231 e. The van der Waals surface area contributed by atoms with E-state index in [1.54, 1.807) is 13.3 Å². The lowest BCUT2D eigenvalue weighted by Gasteiger charge is -2.06. The summed E-state index contributed by atoms with van der Waals surface area (Å²) in [6.07, 6.45) is 1.75. The molecule has 0 amide bonds. The first-order valence-corrected chi connectivity index (χ1v) is 6.83. The van der Waals surface area contributed by atoms with Crippen LogP contribution in [0.3, 0.4) is 0 Å². The van der Waals surface area contributed by atoms with Crippen LogP contribution in [0.4, 0.5) is 5.69 Å². The van der Waals surface area contributed by atoms with Crippen molar-refractivity contribution in [2.24, 2.45) is 4.99 Å². The summed E-state index contributed by atoms with van der Waals surface area (Å²) in [6.45, 7) is 0.239. The van der Waals surface area contributed by atoms with Crippen molar-refractivity contribution >= 4 is 27.8 Å². The zero-order valence-corrected chi connectivity index (χ0v) is 12.4. The number of para-hydroxylation sites is 1. The third-order valence-electron chi connectivity index (χ3n) is 2.92. The van der Waals surface area contributed by atoms with Crippen molar-refractivity contribution < 1.29 is 14.2 Å². The van der Waals surface area contributed by atoms with Gasteiger partial charge in [0.25, 0.3) is 0 Å². The van der Waals surface area contributed by atoms with Crippen LogP contribution in [0.5, 0.6) is 17.2 Å². The maximum absolute atomic E-state index is 5.37. The number of hydrogen-bond donors (Lipinski definition) is 0. The SMILES string of the molecule is COc1cc2c(cc1C=Nc1ccccc1Br)OCO2. The van der Waals surface area contributed by atoms with Gasteiger partial charge in [0.2, 0.25) is 6.79 Å². The molecule has 0 aromatic heterocycles. The van der Waals surface area contributed by atoms with Crippen LogP contribution in [0, 0.1) is 0 Å². The summed E-state index contributed by atoms with van der Waals surface area (Å²) in [5.74, 6) is 2.10. The van der Waals surface area contributed by atoms with Crippen molar-refractivity contribution in [2.75, 3.05) is 13.9 Å². The van der Waals surface area contributed by atoms with Crippen LogP contribution in [0.15, 0.2) is 45.9 Å². The zero-order valence-electron chi connectivity index (χ0n) is 10.8. The average Bonchev–Trinajstić information content (AvgIpc) is 2.92. The summed E-state index contributed by atoms with van der Waals surface area (Å²) in [7, 11) is 1.62. The molecule has 0 atom stereocenters. The normalized spacial score (nSPS) is 12.9. The fraction of sp³-hybridized carbons (Fsp3) is 0.133. The van der Waals surface area contributed by atoms with E-state index in [1.807, 2.05) is 36.4 Å². The quantitative estimate of drug-likeness (QED) is 0.799. The molecule has 0 N–H and O–H groups in total. The summed E-state index contributed by atoms with van der Waals surface area (Å²) in [6, 6.07) is 11.4. The van der Waals surface area contributed by atoms with Crippen LogP contribution < -0.4 is 14.2 Å². The lowest BCUT2D eigenvalue weighted by atomic mass is 10.2. The predicted molar refractivity (Wildman–Crippen MR) is 80.5 cm³/mol. The largest absolute Gasteiger partial charge is 0.496 e. The Balaban J connectivity index is 1.96. The average molecular weight is 334 g/mol. The number of aliphatic imine (C=N–C) groups is 1. The standard InChI is InChI=1S/C15H12BrNO3/c1-18-13-7-15-14(19-9-20-15)6-10(13)8-17-12-5-3-2-4-11(12)16/h2-8H,9H2,1H3. The minimum atomic E-state index is 0.239. The van der Waals surface area contributed by atoms with Gasteiger partial charge in [-0.15, -0.1) is 0 Å². The number of methoxy groups -OCH3 is 1. The van der Waals surface area contributed by atoms with E-state index in [0.717, 1.165) is 15.7 Å². The molecule has 0 spiro atoms. The van der Waals surface area contributed by atoms with Gasteiger partial charge >= 0.3 is 0 Å². The molecule has 1 heterocycles. The Morgan fingerprint density at radius 1 is 1.20 bits per heavy atom. The molecule has 0 aliphatic carbocycles.